The summed E-state index contributed by atoms with van der Waals surface area (Å²) in [6.07, 6.45) is 2.08. The summed E-state index contributed by atoms with van der Waals surface area (Å²) in [5.41, 5.74) is 1.07. The molecule has 1 saturated heterocycles. The Morgan fingerprint density at radius 3 is 2.55 bits per heavy atom. The zero-order valence-corrected chi connectivity index (χ0v) is 17.9. The lowest BCUT2D eigenvalue weighted by Gasteiger charge is -2.33. The number of aryl methyl sites for hydroxylation is 1. The molecule has 1 aliphatic heterocycles. The molecule has 2 N–H and O–H groups in total. The molecule has 4 rings (SSSR count). The molecule has 8 nitrogen and oxygen atoms in total. The van der Waals surface area contributed by atoms with Crippen LogP contribution in [0.2, 0.25) is 0 Å². The van der Waals surface area contributed by atoms with Gasteiger partial charge in [0.2, 0.25) is 5.91 Å². The van der Waals surface area contributed by atoms with Gasteiger partial charge in [-0.25, -0.2) is 13.2 Å². The average molecular weight is 442 g/mol. The number of anilines is 1. The molecular weight excluding hydrogens is 418 g/mol. The highest BCUT2D eigenvalue weighted by Crippen LogP contribution is 2.39. The van der Waals surface area contributed by atoms with Gasteiger partial charge in [-0.3, -0.25) is 14.5 Å². The van der Waals surface area contributed by atoms with E-state index in [2.05, 4.69) is 10.6 Å². The molecule has 0 aromatic heterocycles. The number of rotatable bonds is 5. The Labute approximate surface area is 180 Å². The standard InChI is InChI=1S/C22H23N3O5S/c1-2-31(29,30)17-11-9-16(10-12-17)23-19(26)14-25-20(27)22(24-21(25)28)13-5-7-15-6-3-4-8-18(15)22/h3-4,6,8-12H,2,5,7,13-14H2,1H3,(H,23,26)(H,24,28). The predicted octanol–water partition coefficient (Wildman–Crippen LogP) is 2.20. The van der Waals surface area contributed by atoms with Gasteiger partial charge in [-0.2, -0.15) is 0 Å². The number of fused-ring (bicyclic) bond motifs is 2. The van der Waals surface area contributed by atoms with Crippen molar-refractivity contribution in [1.82, 2.24) is 10.2 Å². The molecule has 1 heterocycles. The number of nitrogens with zero attached hydrogens (tertiary/aromatic N) is 1. The number of amides is 4. The van der Waals surface area contributed by atoms with Crippen LogP contribution in [0.3, 0.4) is 0 Å². The van der Waals surface area contributed by atoms with Crippen LogP contribution in [0, 0.1) is 0 Å². The molecule has 1 spiro atoms. The maximum atomic E-state index is 13.2. The number of urea groups is 1. The lowest BCUT2D eigenvalue weighted by molar-refractivity contribution is -0.134. The van der Waals surface area contributed by atoms with Crippen molar-refractivity contribution in [2.75, 3.05) is 17.6 Å². The minimum Gasteiger partial charge on any atom is -0.325 e. The van der Waals surface area contributed by atoms with Crippen LogP contribution in [0.5, 0.6) is 0 Å². The zero-order chi connectivity index (χ0) is 22.2. The van der Waals surface area contributed by atoms with Gasteiger partial charge in [0.25, 0.3) is 5.91 Å². The van der Waals surface area contributed by atoms with Crippen molar-refractivity contribution >= 4 is 33.4 Å². The molecule has 1 aliphatic carbocycles. The van der Waals surface area contributed by atoms with Crippen LogP contribution in [0.1, 0.15) is 30.9 Å². The molecule has 162 valence electrons. The maximum Gasteiger partial charge on any atom is 0.325 e. The van der Waals surface area contributed by atoms with Crippen LogP contribution >= 0.6 is 0 Å². The first-order valence-corrected chi connectivity index (χ1v) is 11.8. The molecule has 0 radical (unpaired) electrons. The van der Waals surface area contributed by atoms with E-state index in [9.17, 15) is 22.8 Å². The minimum atomic E-state index is -3.34. The smallest absolute Gasteiger partial charge is 0.325 e. The SMILES string of the molecule is CCS(=O)(=O)c1ccc(NC(=O)CN2C(=O)NC3(CCCc4ccccc43)C2=O)cc1. The Kier molecular flexibility index (Phi) is 5.30. The first-order valence-electron chi connectivity index (χ1n) is 10.1. The number of hydrogen-bond acceptors (Lipinski definition) is 5. The van der Waals surface area contributed by atoms with Crippen molar-refractivity contribution in [3.05, 3.63) is 59.7 Å². The molecule has 0 saturated carbocycles. The highest BCUT2D eigenvalue weighted by molar-refractivity contribution is 7.91. The molecule has 1 fully saturated rings. The number of imide groups is 1. The summed E-state index contributed by atoms with van der Waals surface area (Å²) in [5.74, 6) is -0.990. The quantitative estimate of drug-likeness (QED) is 0.691. The maximum absolute atomic E-state index is 13.2. The third-order valence-electron chi connectivity index (χ3n) is 5.83. The predicted molar refractivity (Wildman–Crippen MR) is 114 cm³/mol. The zero-order valence-electron chi connectivity index (χ0n) is 17.1. The van der Waals surface area contributed by atoms with E-state index in [-0.39, 0.29) is 10.6 Å². The normalized spacial score (nSPS) is 20.5. The van der Waals surface area contributed by atoms with Crippen LogP contribution < -0.4 is 10.6 Å². The lowest BCUT2D eigenvalue weighted by Crippen LogP contribution is -2.47. The molecule has 9 heteroatoms. The number of benzene rings is 2. The number of hydrogen-bond donors (Lipinski definition) is 2. The Morgan fingerprint density at radius 2 is 1.84 bits per heavy atom. The number of sulfone groups is 1. The molecule has 1 unspecified atom stereocenters. The third kappa shape index (κ3) is 3.69. The Balaban J connectivity index is 1.49. The minimum absolute atomic E-state index is 0.0181. The van der Waals surface area contributed by atoms with Crippen LogP contribution in [0.4, 0.5) is 10.5 Å². The van der Waals surface area contributed by atoms with Crippen LogP contribution in [0.25, 0.3) is 0 Å². The van der Waals surface area contributed by atoms with Crippen molar-refractivity contribution in [2.45, 2.75) is 36.6 Å². The summed E-state index contributed by atoms with van der Waals surface area (Å²) in [6.45, 7) is 1.13. The van der Waals surface area contributed by atoms with Gasteiger partial charge in [-0.1, -0.05) is 31.2 Å². The molecule has 0 bridgehead atoms. The average Bonchev–Trinajstić information content (AvgIpc) is 2.99. The van der Waals surface area contributed by atoms with E-state index in [0.717, 1.165) is 28.9 Å². The van der Waals surface area contributed by atoms with E-state index in [1.165, 1.54) is 24.3 Å². The number of carbonyl (C=O) groups excluding carboxylic acids is 3. The van der Waals surface area contributed by atoms with Crippen molar-refractivity contribution in [3.63, 3.8) is 0 Å². The molecule has 31 heavy (non-hydrogen) atoms. The summed E-state index contributed by atoms with van der Waals surface area (Å²) < 4.78 is 23.8. The summed E-state index contributed by atoms with van der Waals surface area (Å²) >= 11 is 0. The van der Waals surface area contributed by atoms with Crippen molar-refractivity contribution in [1.29, 1.82) is 0 Å². The second-order valence-corrected chi connectivity index (χ2v) is 9.99. The van der Waals surface area contributed by atoms with Gasteiger partial charge >= 0.3 is 6.03 Å². The van der Waals surface area contributed by atoms with Crippen molar-refractivity contribution < 1.29 is 22.8 Å². The second-order valence-electron chi connectivity index (χ2n) is 7.71. The number of nitrogens with one attached hydrogen (secondary N) is 2. The van der Waals surface area contributed by atoms with Gasteiger partial charge in [-0.05, 0) is 54.7 Å². The van der Waals surface area contributed by atoms with E-state index in [0.29, 0.717) is 12.1 Å². The largest absolute Gasteiger partial charge is 0.325 e. The lowest BCUT2D eigenvalue weighted by atomic mass is 9.76. The van der Waals surface area contributed by atoms with Gasteiger partial charge < -0.3 is 10.6 Å². The van der Waals surface area contributed by atoms with Gasteiger partial charge in [0.15, 0.2) is 9.84 Å². The van der Waals surface area contributed by atoms with E-state index in [4.69, 9.17) is 0 Å². The number of carbonyl (C=O) groups is 3. The highest BCUT2D eigenvalue weighted by atomic mass is 32.2. The van der Waals surface area contributed by atoms with Crippen molar-refractivity contribution in [3.8, 4) is 0 Å². The van der Waals surface area contributed by atoms with E-state index in [1.54, 1.807) is 6.92 Å². The van der Waals surface area contributed by atoms with E-state index in [1.807, 2.05) is 24.3 Å². The monoisotopic (exact) mass is 441 g/mol. The molecular formula is C22H23N3O5S. The van der Waals surface area contributed by atoms with Gasteiger partial charge in [0.05, 0.1) is 10.6 Å². The van der Waals surface area contributed by atoms with Crippen LogP contribution in [-0.4, -0.2) is 43.5 Å². The molecule has 2 aromatic carbocycles. The Morgan fingerprint density at radius 1 is 1.13 bits per heavy atom. The molecule has 1 atom stereocenters. The van der Waals surface area contributed by atoms with Gasteiger partial charge in [-0.15, -0.1) is 0 Å². The molecule has 2 aliphatic rings. The first-order chi connectivity index (χ1) is 14.8. The summed E-state index contributed by atoms with van der Waals surface area (Å²) in [7, 11) is -3.34. The van der Waals surface area contributed by atoms with Gasteiger partial charge in [0.1, 0.15) is 12.1 Å². The molecule has 2 aromatic rings. The summed E-state index contributed by atoms with van der Waals surface area (Å²) in [6, 6.07) is 12.7. The second kappa shape index (κ2) is 7.81. The van der Waals surface area contributed by atoms with E-state index < -0.39 is 39.8 Å². The summed E-state index contributed by atoms with van der Waals surface area (Å²) in [5, 5.41) is 5.43. The van der Waals surface area contributed by atoms with Crippen LogP contribution in [-0.2, 0) is 31.4 Å². The molecule has 4 amide bonds. The first kappa shape index (κ1) is 21.0. The topological polar surface area (TPSA) is 113 Å². The fraction of sp³-hybridized carbons (Fsp3) is 0.318. The highest BCUT2D eigenvalue weighted by Gasteiger charge is 2.54. The summed E-state index contributed by atoms with van der Waals surface area (Å²) in [4.78, 5) is 39.4. The van der Waals surface area contributed by atoms with E-state index >= 15 is 0 Å². The fourth-order valence-corrected chi connectivity index (χ4v) is 5.10. The third-order valence-corrected chi connectivity index (χ3v) is 7.58. The fourth-order valence-electron chi connectivity index (χ4n) is 4.21. The van der Waals surface area contributed by atoms with Crippen LogP contribution in [0.15, 0.2) is 53.4 Å². The Bertz CT molecular complexity index is 1160. The van der Waals surface area contributed by atoms with Gasteiger partial charge in [0, 0.05) is 5.69 Å². The van der Waals surface area contributed by atoms with Crippen molar-refractivity contribution in [2.24, 2.45) is 0 Å². The Hall–Kier alpha value is -3.20.